The highest BCUT2D eigenvalue weighted by Gasteiger charge is 2.28. The molecule has 2 heterocycles. The molecule has 1 aromatic heterocycles. The third-order valence-corrected chi connectivity index (χ3v) is 3.75. The van der Waals surface area contributed by atoms with Crippen LogP contribution in [-0.2, 0) is 4.79 Å². The van der Waals surface area contributed by atoms with E-state index in [-0.39, 0.29) is 11.8 Å². The summed E-state index contributed by atoms with van der Waals surface area (Å²) in [5, 5.41) is 3.99. The summed E-state index contributed by atoms with van der Waals surface area (Å²) < 4.78 is 0. The highest BCUT2D eigenvalue weighted by atomic mass is 16.2. The minimum Gasteiger partial charge on any atom is -0.361 e. The average molecular weight is 275 g/mol. The number of rotatable bonds is 2. The lowest BCUT2D eigenvalue weighted by Crippen LogP contribution is -2.12. The Hall–Kier alpha value is -2.88. The summed E-state index contributed by atoms with van der Waals surface area (Å²) in [5.41, 5.74) is 3.78. The molecule has 4 nitrogen and oxygen atoms in total. The highest BCUT2D eigenvalue weighted by molar-refractivity contribution is 6.12. The van der Waals surface area contributed by atoms with Gasteiger partial charge in [0.25, 0.3) is 0 Å². The number of para-hydroxylation sites is 1. The molecule has 2 aromatic carbocycles. The summed E-state index contributed by atoms with van der Waals surface area (Å²) in [7, 11) is 0. The molecule has 1 aliphatic heterocycles. The maximum absolute atomic E-state index is 12.0. The quantitative estimate of drug-likeness (QED) is 0.690. The van der Waals surface area contributed by atoms with Gasteiger partial charge in [0.1, 0.15) is 5.92 Å². The second-order valence-electron chi connectivity index (χ2n) is 5.08. The summed E-state index contributed by atoms with van der Waals surface area (Å²) in [6.45, 7) is 0. The van der Waals surface area contributed by atoms with Gasteiger partial charge in [-0.05, 0) is 35.9 Å². The molecule has 1 amide bonds. The molecule has 0 fully saturated rings. The van der Waals surface area contributed by atoms with Crippen LogP contribution in [0.25, 0.3) is 10.9 Å². The van der Waals surface area contributed by atoms with Crippen molar-refractivity contribution >= 4 is 34.4 Å². The smallest absolute Gasteiger partial charge is 0.237 e. The van der Waals surface area contributed by atoms with Crippen LogP contribution in [0.1, 0.15) is 11.5 Å². The van der Waals surface area contributed by atoms with E-state index < -0.39 is 0 Å². The first kappa shape index (κ1) is 11.9. The minimum absolute atomic E-state index is 0.0253. The number of hydrogen-bond acceptors (Lipinski definition) is 2. The standard InChI is InChI=1S/C17H13N3O/c21-17-14(13-3-1-2-4-16(13)20-17)10-19-12-5-6-15-11(9-12)7-8-18-15/h1-10,14,18H,(H,20,21). The van der Waals surface area contributed by atoms with Crippen LogP contribution in [0.15, 0.2) is 59.7 Å². The predicted octanol–water partition coefficient (Wildman–Crippen LogP) is 3.61. The van der Waals surface area contributed by atoms with Crippen LogP contribution < -0.4 is 5.32 Å². The molecule has 4 heteroatoms. The Morgan fingerprint density at radius 3 is 2.95 bits per heavy atom. The summed E-state index contributed by atoms with van der Waals surface area (Å²) in [6.07, 6.45) is 3.62. The Balaban J connectivity index is 1.67. The van der Waals surface area contributed by atoms with Crippen molar-refractivity contribution in [2.24, 2.45) is 4.99 Å². The maximum atomic E-state index is 12.0. The van der Waals surface area contributed by atoms with E-state index in [0.29, 0.717) is 0 Å². The van der Waals surface area contributed by atoms with E-state index >= 15 is 0 Å². The van der Waals surface area contributed by atoms with Crippen molar-refractivity contribution in [1.29, 1.82) is 0 Å². The zero-order chi connectivity index (χ0) is 14.2. The predicted molar refractivity (Wildman–Crippen MR) is 84.3 cm³/mol. The lowest BCUT2D eigenvalue weighted by atomic mass is 10.0. The van der Waals surface area contributed by atoms with Gasteiger partial charge in [0.05, 0.1) is 5.69 Å². The van der Waals surface area contributed by atoms with Gasteiger partial charge < -0.3 is 10.3 Å². The number of benzene rings is 2. The zero-order valence-electron chi connectivity index (χ0n) is 11.2. The zero-order valence-corrected chi connectivity index (χ0v) is 11.2. The molecule has 3 aromatic rings. The number of carbonyl (C=O) groups excluding carboxylic acids is 1. The van der Waals surface area contributed by atoms with E-state index in [0.717, 1.165) is 27.8 Å². The van der Waals surface area contributed by atoms with Gasteiger partial charge in [-0.2, -0.15) is 0 Å². The van der Waals surface area contributed by atoms with Crippen molar-refractivity contribution in [3.05, 3.63) is 60.3 Å². The number of amides is 1. The van der Waals surface area contributed by atoms with Crippen LogP contribution in [0.5, 0.6) is 0 Å². The van der Waals surface area contributed by atoms with E-state index in [1.54, 1.807) is 6.21 Å². The first-order valence-corrected chi connectivity index (χ1v) is 6.82. The number of anilines is 1. The Labute approximate surface area is 121 Å². The monoisotopic (exact) mass is 275 g/mol. The van der Waals surface area contributed by atoms with Gasteiger partial charge in [0, 0.05) is 29.0 Å². The Kier molecular flexibility index (Phi) is 2.60. The minimum atomic E-state index is -0.317. The number of aromatic amines is 1. The van der Waals surface area contributed by atoms with Crippen molar-refractivity contribution in [2.45, 2.75) is 5.92 Å². The van der Waals surface area contributed by atoms with Gasteiger partial charge in [0.2, 0.25) is 5.91 Å². The largest absolute Gasteiger partial charge is 0.361 e. The molecule has 0 saturated carbocycles. The number of aromatic nitrogens is 1. The lowest BCUT2D eigenvalue weighted by Gasteiger charge is -2.01. The van der Waals surface area contributed by atoms with Crippen molar-refractivity contribution in [3.63, 3.8) is 0 Å². The maximum Gasteiger partial charge on any atom is 0.237 e. The van der Waals surface area contributed by atoms with Gasteiger partial charge in [-0.1, -0.05) is 18.2 Å². The van der Waals surface area contributed by atoms with E-state index in [1.165, 1.54) is 0 Å². The van der Waals surface area contributed by atoms with Gasteiger partial charge in [-0.25, -0.2) is 0 Å². The summed E-state index contributed by atoms with van der Waals surface area (Å²) >= 11 is 0. The molecule has 0 spiro atoms. The third-order valence-electron chi connectivity index (χ3n) is 3.75. The second-order valence-corrected chi connectivity index (χ2v) is 5.08. The summed E-state index contributed by atoms with van der Waals surface area (Å²) in [6, 6.07) is 15.7. The molecular formula is C17H13N3O. The highest BCUT2D eigenvalue weighted by Crippen LogP contribution is 2.31. The number of carbonyl (C=O) groups is 1. The van der Waals surface area contributed by atoms with E-state index in [1.807, 2.05) is 54.7 Å². The average Bonchev–Trinajstić information content (AvgIpc) is 3.08. The molecular weight excluding hydrogens is 262 g/mol. The first-order chi connectivity index (χ1) is 10.3. The SMILES string of the molecule is O=C1Nc2ccccc2C1C=Nc1ccc2[nH]ccc2c1. The van der Waals surface area contributed by atoms with Crippen molar-refractivity contribution < 1.29 is 4.79 Å². The van der Waals surface area contributed by atoms with Crippen LogP contribution >= 0.6 is 0 Å². The number of H-pyrrole nitrogens is 1. The molecule has 1 atom stereocenters. The number of fused-ring (bicyclic) bond motifs is 2. The topological polar surface area (TPSA) is 57.2 Å². The molecule has 1 unspecified atom stereocenters. The van der Waals surface area contributed by atoms with E-state index in [9.17, 15) is 4.79 Å². The molecule has 0 aliphatic carbocycles. The molecule has 0 saturated heterocycles. The fourth-order valence-corrected chi connectivity index (χ4v) is 2.66. The number of aliphatic imine (C=N–C) groups is 1. The van der Waals surface area contributed by atoms with Gasteiger partial charge in [-0.15, -0.1) is 0 Å². The molecule has 0 bridgehead atoms. The van der Waals surface area contributed by atoms with Gasteiger partial charge in [-0.3, -0.25) is 9.79 Å². The second kappa shape index (κ2) is 4.59. The first-order valence-electron chi connectivity index (χ1n) is 6.82. The molecule has 21 heavy (non-hydrogen) atoms. The molecule has 2 N–H and O–H groups in total. The Bertz CT molecular complexity index is 863. The molecule has 1 aliphatic rings. The van der Waals surface area contributed by atoms with Gasteiger partial charge in [0.15, 0.2) is 0 Å². The Morgan fingerprint density at radius 1 is 1.10 bits per heavy atom. The van der Waals surface area contributed by atoms with Crippen molar-refractivity contribution in [1.82, 2.24) is 4.98 Å². The normalized spacial score (nSPS) is 17.3. The number of hydrogen-bond donors (Lipinski definition) is 2. The third kappa shape index (κ3) is 2.01. The fourth-order valence-electron chi connectivity index (χ4n) is 2.66. The van der Waals surface area contributed by atoms with E-state index in [4.69, 9.17) is 0 Å². The molecule has 0 radical (unpaired) electrons. The van der Waals surface area contributed by atoms with Crippen LogP contribution in [0.4, 0.5) is 11.4 Å². The summed E-state index contributed by atoms with van der Waals surface area (Å²) in [4.78, 5) is 19.6. The Morgan fingerprint density at radius 2 is 2.00 bits per heavy atom. The summed E-state index contributed by atoms with van der Waals surface area (Å²) in [5.74, 6) is -0.342. The number of nitrogens with zero attached hydrogens (tertiary/aromatic N) is 1. The van der Waals surface area contributed by atoms with Crippen LogP contribution in [0.2, 0.25) is 0 Å². The van der Waals surface area contributed by atoms with Crippen molar-refractivity contribution in [3.8, 4) is 0 Å². The molecule has 4 rings (SSSR count). The van der Waals surface area contributed by atoms with Crippen LogP contribution in [0.3, 0.4) is 0 Å². The number of nitrogens with one attached hydrogen (secondary N) is 2. The van der Waals surface area contributed by atoms with E-state index in [2.05, 4.69) is 15.3 Å². The fraction of sp³-hybridized carbons (Fsp3) is 0.0588. The van der Waals surface area contributed by atoms with Gasteiger partial charge >= 0.3 is 0 Å². The molecule has 102 valence electrons. The lowest BCUT2D eigenvalue weighted by molar-refractivity contribution is -0.115. The van der Waals surface area contributed by atoms with Crippen LogP contribution in [0, 0.1) is 0 Å². The van der Waals surface area contributed by atoms with Crippen LogP contribution in [-0.4, -0.2) is 17.1 Å². The van der Waals surface area contributed by atoms with Crippen molar-refractivity contribution in [2.75, 3.05) is 5.32 Å².